The number of H-pyrrole nitrogens is 1. The Bertz CT molecular complexity index is 1150. The average Bonchev–Trinajstić information content (AvgIpc) is 2.78. The van der Waals surface area contributed by atoms with Gasteiger partial charge in [0.15, 0.2) is 0 Å². The number of benzene rings is 1. The van der Waals surface area contributed by atoms with E-state index in [0.29, 0.717) is 6.54 Å². The zero-order valence-corrected chi connectivity index (χ0v) is 17.0. The first-order valence-corrected chi connectivity index (χ1v) is 9.61. The second-order valence-corrected chi connectivity index (χ2v) is 6.57. The molecule has 9 nitrogen and oxygen atoms in total. The largest absolute Gasteiger partial charge is 0.383 e. The maximum Gasteiger partial charge on any atom is 0.330 e. The van der Waals surface area contributed by atoms with E-state index in [9.17, 15) is 14.4 Å². The summed E-state index contributed by atoms with van der Waals surface area (Å²) >= 11 is 0. The van der Waals surface area contributed by atoms with E-state index in [4.69, 9.17) is 4.74 Å². The standard InChI is InChI=1S/C22H23N5O4/c1-31-14-13-27-20(25-18(28)8-7-16-9-11-23-12-10-16)19(21(29)26-22(27)30)24-15-17-5-3-2-4-6-17/h2-12,24H,13-15H2,1H3,(H,25,28)(H,26,29,30)/b8-7+. The number of hydrogen-bond donors (Lipinski definition) is 3. The third kappa shape index (κ3) is 6.00. The van der Waals surface area contributed by atoms with Crippen LogP contribution in [0.25, 0.3) is 6.08 Å². The van der Waals surface area contributed by atoms with Gasteiger partial charge in [-0.3, -0.25) is 24.1 Å². The minimum absolute atomic E-state index is 0.0751. The lowest BCUT2D eigenvalue weighted by molar-refractivity contribution is -0.111. The van der Waals surface area contributed by atoms with Crippen LogP contribution in [0.5, 0.6) is 0 Å². The number of aromatic amines is 1. The number of pyridine rings is 1. The number of nitrogens with one attached hydrogen (secondary N) is 3. The van der Waals surface area contributed by atoms with Crippen LogP contribution in [0, 0.1) is 0 Å². The van der Waals surface area contributed by atoms with Crippen LogP contribution in [0.1, 0.15) is 11.1 Å². The molecule has 0 bridgehead atoms. The molecule has 3 aromatic rings. The number of anilines is 2. The van der Waals surface area contributed by atoms with E-state index in [1.54, 1.807) is 30.6 Å². The molecule has 0 aliphatic carbocycles. The monoisotopic (exact) mass is 421 g/mol. The molecular formula is C22H23N5O4. The van der Waals surface area contributed by atoms with E-state index < -0.39 is 17.2 Å². The molecular weight excluding hydrogens is 398 g/mol. The third-order valence-electron chi connectivity index (χ3n) is 4.41. The lowest BCUT2D eigenvalue weighted by atomic mass is 10.2. The Balaban J connectivity index is 1.91. The maximum absolute atomic E-state index is 12.6. The van der Waals surface area contributed by atoms with Crippen molar-refractivity contribution in [1.29, 1.82) is 0 Å². The lowest BCUT2D eigenvalue weighted by Crippen LogP contribution is -2.36. The van der Waals surface area contributed by atoms with Gasteiger partial charge in [-0.2, -0.15) is 0 Å². The van der Waals surface area contributed by atoms with Crippen molar-refractivity contribution in [2.24, 2.45) is 0 Å². The fraction of sp³-hybridized carbons (Fsp3) is 0.182. The summed E-state index contributed by atoms with van der Waals surface area (Å²) in [7, 11) is 1.50. The van der Waals surface area contributed by atoms with Gasteiger partial charge in [-0.1, -0.05) is 30.3 Å². The highest BCUT2D eigenvalue weighted by atomic mass is 16.5. The summed E-state index contributed by atoms with van der Waals surface area (Å²) in [6, 6.07) is 13.0. The topological polar surface area (TPSA) is 118 Å². The Morgan fingerprint density at radius 2 is 1.90 bits per heavy atom. The first-order valence-electron chi connectivity index (χ1n) is 9.61. The normalized spacial score (nSPS) is 10.9. The van der Waals surface area contributed by atoms with Crippen molar-refractivity contribution in [3.8, 4) is 0 Å². The second-order valence-electron chi connectivity index (χ2n) is 6.57. The molecule has 3 N–H and O–H groups in total. The summed E-state index contributed by atoms with van der Waals surface area (Å²) < 4.78 is 6.32. The Hall–Kier alpha value is -3.98. The number of nitrogens with zero attached hydrogens (tertiary/aromatic N) is 2. The summed E-state index contributed by atoms with van der Waals surface area (Å²) in [6.07, 6.45) is 6.16. The van der Waals surface area contributed by atoms with Gasteiger partial charge in [0.2, 0.25) is 5.91 Å². The number of methoxy groups -OCH3 is 1. The summed E-state index contributed by atoms with van der Waals surface area (Å²) in [5.41, 5.74) is 0.551. The molecule has 0 aliphatic rings. The Morgan fingerprint density at radius 3 is 2.61 bits per heavy atom. The molecule has 0 aliphatic heterocycles. The maximum atomic E-state index is 12.6. The van der Waals surface area contributed by atoms with Crippen LogP contribution in [-0.4, -0.2) is 34.2 Å². The molecule has 0 unspecified atom stereocenters. The minimum Gasteiger partial charge on any atom is -0.383 e. The highest BCUT2D eigenvalue weighted by molar-refractivity contribution is 6.03. The van der Waals surface area contributed by atoms with Crippen LogP contribution in [0.3, 0.4) is 0 Å². The zero-order valence-electron chi connectivity index (χ0n) is 17.0. The van der Waals surface area contributed by atoms with Crippen molar-refractivity contribution in [2.75, 3.05) is 24.4 Å². The van der Waals surface area contributed by atoms with Crippen LogP contribution < -0.4 is 21.9 Å². The first-order chi connectivity index (χ1) is 15.1. The number of hydrogen-bond acceptors (Lipinski definition) is 6. The summed E-state index contributed by atoms with van der Waals surface area (Å²) in [6.45, 7) is 0.706. The lowest BCUT2D eigenvalue weighted by Gasteiger charge is -2.17. The fourth-order valence-corrected chi connectivity index (χ4v) is 2.85. The number of aromatic nitrogens is 3. The molecule has 160 valence electrons. The summed E-state index contributed by atoms with van der Waals surface area (Å²) in [5, 5.41) is 5.69. The molecule has 0 spiro atoms. The van der Waals surface area contributed by atoms with Crippen molar-refractivity contribution in [2.45, 2.75) is 13.1 Å². The fourth-order valence-electron chi connectivity index (χ4n) is 2.85. The number of carbonyl (C=O) groups excluding carboxylic acids is 1. The van der Waals surface area contributed by atoms with Crippen molar-refractivity contribution in [3.63, 3.8) is 0 Å². The quantitative estimate of drug-likeness (QED) is 0.454. The number of amides is 1. The predicted octanol–water partition coefficient (Wildman–Crippen LogP) is 1.84. The average molecular weight is 421 g/mol. The molecule has 0 fully saturated rings. The van der Waals surface area contributed by atoms with Crippen LogP contribution in [0.2, 0.25) is 0 Å². The van der Waals surface area contributed by atoms with Gasteiger partial charge in [-0.25, -0.2) is 4.79 Å². The zero-order chi connectivity index (χ0) is 22.1. The van der Waals surface area contributed by atoms with Gasteiger partial charge in [0.05, 0.1) is 13.2 Å². The molecule has 0 radical (unpaired) electrons. The van der Waals surface area contributed by atoms with E-state index in [2.05, 4.69) is 20.6 Å². The van der Waals surface area contributed by atoms with Gasteiger partial charge in [0, 0.05) is 32.1 Å². The summed E-state index contributed by atoms with van der Waals surface area (Å²) in [5.74, 6) is -0.415. The SMILES string of the molecule is COCCn1c(NC(=O)/C=C/c2ccncc2)c(NCc2ccccc2)c(=O)[nH]c1=O. The van der Waals surface area contributed by atoms with Crippen LogP contribution in [-0.2, 0) is 22.6 Å². The van der Waals surface area contributed by atoms with Crippen molar-refractivity contribution >= 4 is 23.5 Å². The molecule has 1 amide bonds. The van der Waals surface area contributed by atoms with Gasteiger partial charge in [0.25, 0.3) is 5.56 Å². The van der Waals surface area contributed by atoms with Crippen molar-refractivity contribution in [3.05, 3.63) is 92.9 Å². The Morgan fingerprint density at radius 1 is 1.16 bits per heavy atom. The predicted molar refractivity (Wildman–Crippen MR) is 119 cm³/mol. The number of carbonyl (C=O) groups is 1. The number of ether oxygens (including phenoxy) is 1. The highest BCUT2D eigenvalue weighted by Gasteiger charge is 2.16. The van der Waals surface area contributed by atoms with Gasteiger partial charge < -0.3 is 15.4 Å². The Labute approximate surface area is 178 Å². The van der Waals surface area contributed by atoms with Crippen LogP contribution in [0.4, 0.5) is 11.5 Å². The molecule has 2 heterocycles. The van der Waals surface area contributed by atoms with E-state index in [0.717, 1.165) is 11.1 Å². The molecule has 0 atom stereocenters. The Kier molecular flexibility index (Phi) is 7.50. The molecule has 3 rings (SSSR count). The first kappa shape index (κ1) is 21.7. The molecule has 31 heavy (non-hydrogen) atoms. The van der Waals surface area contributed by atoms with E-state index in [1.807, 2.05) is 30.3 Å². The van der Waals surface area contributed by atoms with Gasteiger partial charge in [-0.05, 0) is 29.3 Å². The smallest absolute Gasteiger partial charge is 0.330 e. The summed E-state index contributed by atoms with van der Waals surface area (Å²) in [4.78, 5) is 43.7. The molecule has 0 saturated carbocycles. The number of rotatable bonds is 9. The highest BCUT2D eigenvalue weighted by Crippen LogP contribution is 2.17. The van der Waals surface area contributed by atoms with Gasteiger partial charge in [0.1, 0.15) is 11.5 Å². The van der Waals surface area contributed by atoms with Gasteiger partial charge >= 0.3 is 5.69 Å². The third-order valence-corrected chi connectivity index (χ3v) is 4.41. The molecule has 1 aromatic carbocycles. The molecule has 2 aromatic heterocycles. The van der Waals surface area contributed by atoms with Crippen molar-refractivity contribution in [1.82, 2.24) is 14.5 Å². The van der Waals surface area contributed by atoms with Crippen LogP contribution in [0.15, 0.2) is 70.5 Å². The second kappa shape index (κ2) is 10.7. The molecule has 0 saturated heterocycles. The van der Waals surface area contributed by atoms with E-state index in [-0.39, 0.29) is 24.7 Å². The minimum atomic E-state index is -0.638. The van der Waals surface area contributed by atoms with E-state index in [1.165, 1.54) is 17.8 Å². The van der Waals surface area contributed by atoms with E-state index >= 15 is 0 Å². The van der Waals surface area contributed by atoms with Gasteiger partial charge in [-0.15, -0.1) is 0 Å². The molecule has 9 heteroatoms. The van der Waals surface area contributed by atoms with Crippen LogP contribution >= 0.6 is 0 Å². The van der Waals surface area contributed by atoms with Crippen molar-refractivity contribution < 1.29 is 9.53 Å².